The number of benzene rings is 1. The standard InChI is InChI=1S/C12H9BrFNO2/c1-2-17-12(16)9(7-15)3-8-4-10(13)6-11(14)5-8/h3-6H,2H2,1H3. The summed E-state index contributed by atoms with van der Waals surface area (Å²) in [6.07, 6.45) is 1.28. The Balaban J connectivity index is 3.07. The summed E-state index contributed by atoms with van der Waals surface area (Å²) in [4.78, 5) is 11.3. The summed E-state index contributed by atoms with van der Waals surface area (Å²) in [5.74, 6) is -1.16. The van der Waals surface area contributed by atoms with Gasteiger partial charge in [-0.15, -0.1) is 0 Å². The zero-order valence-corrected chi connectivity index (χ0v) is 10.6. The Hall–Kier alpha value is -1.67. The summed E-state index contributed by atoms with van der Waals surface area (Å²) >= 11 is 3.12. The molecular formula is C12H9BrFNO2. The molecule has 0 aromatic heterocycles. The fraction of sp³-hybridized carbons (Fsp3) is 0.167. The maximum atomic E-state index is 13.1. The molecule has 0 heterocycles. The first-order valence-corrected chi connectivity index (χ1v) is 5.61. The van der Waals surface area contributed by atoms with Gasteiger partial charge in [-0.3, -0.25) is 0 Å². The Kier molecular flexibility index (Phi) is 4.85. The molecule has 3 nitrogen and oxygen atoms in total. The van der Waals surface area contributed by atoms with Gasteiger partial charge in [0.25, 0.3) is 0 Å². The molecule has 0 amide bonds. The van der Waals surface area contributed by atoms with E-state index in [-0.39, 0.29) is 12.2 Å². The molecule has 0 radical (unpaired) electrons. The van der Waals surface area contributed by atoms with Gasteiger partial charge in [0.1, 0.15) is 17.5 Å². The van der Waals surface area contributed by atoms with Gasteiger partial charge in [0.15, 0.2) is 0 Å². The van der Waals surface area contributed by atoms with E-state index in [1.54, 1.807) is 19.1 Å². The topological polar surface area (TPSA) is 50.1 Å². The number of ether oxygens (including phenoxy) is 1. The average Bonchev–Trinajstić information content (AvgIpc) is 2.24. The van der Waals surface area contributed by atoms with Crippen LogP contribution in [0.15, 0.2) is 28.2 Å². The van der Waals surface area contributed by atoms with Crippen molar-refractivity contribution in [3.63, 3.8) is 0 Å². The second-order valence-corrected chi connectivity index (χ2v) is 4.01. The first-order valence-electron chi connectivity index (χ1n) is 4.82. The zero-order valence-electron chi connectivity index (χ0n) is 9.04. The van der Waals surface area contributed by atoms with Crippen molar-refractivity contribution in [2.45, 2.75) is 6.92 Å². The number of carbonyl (C=O) groups is 1. The van der Waals surface area contributed by atoms with Crippen molar-refractivity contribution < 1.29 is 13.9 Å². The van der Waals surface area contributed by atoms with Gasteiger partial charge in [-0.1, -0.05) is 15.9 Å². The number of nitrogens with zero attached hydrogens (tertiary/aromatic N) is 1. The molecule has 1 rings (SSSR count). The average molecular weight is 298 g/mol. The molecule has 1 aromatic carbocycles. The Labute approximate surface area is 107 Å². The van der Waals surface area contributed by atoms with Gasteiger partial charge in [0, 0.05) is 4.47 Å². The Bertz CT molecular complexity index is 485. The first kappa shape index (κ1) is 13.4. The summed E-state index contributed by atoms with van der Waals surface area (Å²) in [6.45, 7) is 1.83. The van der Waals surface area contributed by atoms with Crippen molar-refractivity contribution in [1.82, 2.24) is 0 Å². The third-order valence-electron chi connectivity index (χ3n) is 1.81. The van der Waals surface area contributed by atoms with E-state index >= 15 is 0 Å². The molecule has 0 aliphatic heterocycles. The fourth-order valence-corrected chi connectivity index (χ4v) is 1.65. The van der Waals surface area contributed by atoms with E-state index in [1.165, 1.54) is 18.2 Å². The van der Waals surface area contributed by atoms with Crippen LogP contribution in [0.3, 0.4) is 0 Å². The van der Waals surface area contributed by atoms with Crippen molar-refractivity contribution in [3.8, 4) is 6.07 Å². The van der Waals surface area contributed by atoms with Crippen LogP contribution in [-0.4, -0.2) is 12.6 Å². The maximum absolute atomic E-state index is 13.1. The van der Waals surface area contributed by atoms with Crippen LogP contribution in [0.1, 0.15) is 12.5 Å². The minimum Gasteiger partial charge on any atom is -0.462 e. The molecule has 0 fully saturated rings. The van der Waals surface area contributed by atoms with Crippen molar-refractivity contribution in [1.29, 1.82) is 5.26 Å². The second kappa shape index (κ2) is 6.16. The van der Waals surface area contributed by atoms with Gasteiger partial charge in [-0.25, -0.2) is 9.18 Å². The number of halogens is 2. The molecule has 88 valence electrons. The highest BCUT2D eigenvalue weighted by atomic mass is 79.9. The summed E-state index contributed by atoms with van der Waals surface area (Å²) in [7, 11) is 0. The Morgan fingerprint density at radius 2 is 2.29 bits per heavy atom. The smallest absolute Gasteiger partial charge is 0.348 e. The molecule has 1 aromatic rings. The van der Waals surface area contributed by atoms with Gasteiger partial charge in [0.05, 0.1) is 6.61 Å². The van der Waals surface area contributed by atoms with E-state index in [1.807, 2.05) is 0 Å². The predicted molar refractivity (Wildman–Crippen MR) is 64.3 cm³/mol. The summed E-state index contributed by atoms with van der Waals surface area (Å²) < 4.78 is 18.3. The van der Waals surface area contributed by atoms with Gasteiger partial charge in [0.2, 0.25) is 0 Å². The highest BCUT2D eigenvalue weighted by Gasteiger charge is 2.10. The van der Waals surface area contributed by atoms with E-state index in [9.17, 15) is 9.18 Å². The van der Waals surface area contributed by atoms with Crippen LogP contribution >= 0.6 is 15.9 Å². The SMILES string of the molecule is CCOC(=O)C(C#N)=Cc1cc(F)cc(Br)c1. The molecule has 0 aliphatic carbocycles. The van der Waals surface area contributed by atoms with Crippen LogP contribution < -0.4 is 0 Å². The number of carbonyl (C=O) groups excluding carboxylic acids is 1. The van der Waals surface area contributed by atoms with Crippen molar-refractivity contribution in [3.05, 3.63) is 39.6 Å². The number of rotatable bonds is 3. The van der Waals surface area contributed by atoms with Crippen LogP contribution in [0.25, 0.3) is 6.08 Å². The lowest BCUT2D eigenvalue weighted by Crippen LogP contribution is -2.06. The molecule has 0 spiro atoms. The van der Waals surface area contributed by atoms with E-state index in [0.29, 0.717) is 10.0 Å². The maximum Gasteiger partial charge on any atom is 0.348 e. The van der Waals surface area contributed by atoms with Gasteiger partial charge < -0.3 is 4.74 Å². The van der Waals surface area contributed by atoms with E-state index in [0.717, 1.165) is 0 Å². The molecule has 0 saturated carbocycles. The third-order valence-corrected chi connectivity index (χ3v) is 2.27. The lowest BCUT2D eigenvalue weighted by atomic mass is 10.1. The Morgan fingerprint density at radius 3 is 2.82 bits per heavy atom. The Morgan fingerprint density at radius 1 is 1.59 bits per heavy atom. The minimum absolute atomic E-state index is 0.163. The number of hydrogen-bond donors (Lipinski definition) is 0. The molecular weight excluding hydrogens is 289 g/mol. The molecule has 0 atom stereocenters. The molecule has 0 unspecified atom stereocenters. The summed E-state index contributed by atoms with van der Waals surface area (Å²) in [5.41, 5.74) is 0.255. The van der Waals surface area contributed by atoms with Gasteiger partial charge in [-0.2, -0.15) is 5.26 Å². The first-order chi connectivity index (χ1) is 8.06. The van der Waals surface area contributed by atoms with Crippen LogP contribution in [0.2, 0.25) is 0 Å². The molecule has 0 aliphatic rings. The summed E-state index contributed by atoms with van der Waals surface area (Å²) in [5, 5.41) is 8.80. The van der Waals surface area contributed by atoms with Crippen LogP contribution in [0.5, 0.6) is 0 Å². The van der Waals surface area contributed by atoms with Crippen LogP contribution in [0.4, 0.5) is 4.39 Å². The molecule has 0 saturated heterocycles. The third kappa shape index (κ3) is 4.00. The monoisotopic (exact) mass is 297 g/mol. The fourth-order valence-electron chi connectivity index (χ4n) is 1.17. The predicted octanol–water partition coefficient (Wildman–Crippen LogP) is 3.06. The van der Waals surface area contributed by atoms with Crippen LogP contribution in [-0.2, 0) is 9.53 Å². The molecule has 5 heteroatoms. The van der Waals surface area contributed by atoms with Crippen molar-refractivity contribution >= 4 is 28.0 Å². The summed E-state index contributed by atoms with van der Waals surface area (Å²) in [6, 6.07) is 5.83. The quantitative estimate of drug-likeness (QED) is 0.489. The highest BCUT2D eigenvalue weighted by molar-refractivity contribution is 9.10. The van der Waals surface area contributed by atoms with Gasteiger partial charge >= 0.3 is 5.97 Å². The van der Waals surface area contributed by atoms with Crippen LogP contribution in [0, 0.1) is 17.1 Å². The van der Waals surface area contributed by atoms with E-state index in [4.69, 9.17) is 10.00 Å². The lowest BCUT2D eigenvalue weighted by molar-refractivity contribution is -0.137. The van der Waals surface area contributed by atoms with Crippen molar-refractivity contribution in [2.75, 3.05) is 6.61 Å². The zero-order chi connectivity index (χ0) is 12.8. The van der Waals surface area contributed by atoms with E-state index < -0.39 is 11.8 Å². The highest BCUT2D eigenvalue weighted by Crippen LogP contribution is 2.17. The molecule has 0 bridgehead atoms. The minimum atomic E-state index is -0.713. The number of nitriles is 1. The lowest BCUT2D eigenvalue weighted by Gasteiger charge is -2.00. The van der Waals surface area contributed by atoms with Crippen molar-refractivity contribution in [2.24, 2.45) is 0 Å². The normalized spacial score (nSPS) is 10.8. The number of esters is 1. The molecule has 0 N–H and O–H groups in total. The largest absolute Gasteiger partial charge is 0.462 e. The van der Waals surface area contributed by atoms with Gasteiger partial charge in [-0.05, 0) is 36.8 Å². The van der Waals surface area contributed by atoms with E-state index in [2.05, 4.69) is 15.9 Å². The molecule has 17 heavy (non-hydrogen) atoms. The second-order valence-electron chi connectivity index (χ2n) is 3.09. The number of hydrogen-bond acceptors (Lipinski definition) is 3.